The molecule has 3 heteroatoms. The molecule has 0 aromatic heterocycles. The SMILES string of the molecule is CC(C)c1ccc(N2CCC(OC(=O)c3ccccc3)CC2)cc1. The molecule has 0 N–H and O–H groups in total. The first-order valence-corrected chi connectivity index (χ1v) is 8.74. The molecule has 3 rings (SSSR count). The molecule has 1 heterocycles. The summed E-state index contributed by atoms with van der Waals surface area (Å²) in [5.41, 5.74) is 3.25. The summed E-state index contributed by atoms with van der Waals surface area (Å²) < 4.78 is 5.65. The van der Waals surface area contributed by atoms with Crippen LogP contribution in [0.4, 0.5) is 5.69 Å². The van der Waals surface area contributed by atoms with Crippen LogP contribution in [0, 0.1) is 0 Å². The van der Waals surface area contributed by atoms with Crippen molar-refractivity contribution in [3.63, 3.8) is 0 Å². The molecule has 2 aromatic carbocycles. The van der Waals surface area contributed by atoms with Crippen molar-refractivity contribution in [1.29, 1.82) is 0 Å². The Hall–Kier alpha value is -2.29. The third-order valence-corrected chi connectivity index (χ3v) is 4.65. The second kappa shape index (κ2) is 7.52. The van der Waals surface area contributed by atoms with Gasteiger partial charge in [0.25, 0.3) is 0 Å². The summed E-state index contributed by atoms with van der Waals surface area (Å²) in [5.74, 6) is 0.345. The highest BCUT2D eigenvalue weighted by Crippen LogP contribution is 2.24. The normalized spacial score (nSPS) is 15.5. The van der Waals surface area contributed by atoms with Gasteiger partial charge in [-0.05, 0) is 35.7 Å². The molecule has 1 fully saturated rings. The predicted molar refractivity (Wildman–Crippen MR) is 97.6 cm³/mol. The molecule has 1 aliphatic heterocycles. The fourth-order valence-electron chi connectivity index (χ4n) is 3.10. The fraction of sp³-hybridized carbons (Fsp3) is 0.381. The van der Waals surface area contributed by atoms with Gasteiger partial charge in [0, 0.05) is 31.6 Å². The highest BCUT2D eigenvalue weighted by atomic mass is 16.5. The Bertz CT molecular complexity index is 656. The van der Waals surface area contributed by atoms with Gasteiger partial charge in [-0.15, -0.1) is 0 Å². The lowest BCUT2D eigenvalue weighted by molar-refractivity contribution is 0.0245. The van der Waals surface area contributed by atoms with Gasteiger partial charge in [0.15, 0.2) is 0 Å². The molecule has 1 saturated heterocycles. The topological polar surface area (TPSA) is 29.5 Å². The molecule has 0 spiro atoms. The standard InChI is InChI=1S/C21H25NO2/c1-16(2)17-8-10-19(11-9-17)22-14-12-20(13-15-22)24-21(23)18-6-4-3-5-7-18/h3-11,16,20H,12-15H2,1-2H3. The van der Waals surface area contributed by atoms with Crippen molar-refractivity contribution in [3.05, 3.63) is 65.7 Å². The average molecular weight is 323 g/mol. The predicted octanol–water partition coefficient (Wildman–Crippen LogP) is 4.64. The van der Waals surface area contributed by atoms with Crippen LogP contribution < -0.4 is 4.90 Å². The van der Waals surface area contributed by atoms with Gasteiger partial charge in [0.2, 0.25) is 0 Å². The van der Waals surface area contributed by atoms with Gasteiger partial charge in [-0.25, -0.2) is 4.79 Å². The summed E-state index contributed by atoms with van der Waals surface area (Å²) in [5, 5.41) is 0. The molecular weight excluding hydrogens is 298 g/mol. The number of carbonyl (C=O) groups is 1. The number of nitrogens with zero attached hydrogens (tertiary/aromatic N) is 1. The van der Waals surface area contributed by atoms with Crippen LogP contribution in [0.5, 0.6) is 0 Å². The first-order chi connectivity index (χ1) is 11.6. The minimum atomic E-state index is -0.213. The van der Waals surface area contributed by atoms with Gasteiger partial charge in [-0.1, -0.05) is 44.2 Å². The van der Waals surface area contributed by atoms with Gasteiger partial charge < -0.3 is 9.64 Å². The molecule has 0 atom stereocenters. The quantitative estimate of drug-likeness (QED) is 0.768. The molecule has 3 nitrogen and oxygen atoms in total. The van der Waals surface area contributed by atoms with E-state index in [4.69, 9.17) is 4.74 Å². The third kappa shape index (κ3) is 3.97. The number of ether oxygens (including phenoxy) is 1. The molecule has 0 saturated carbocycles. The van der Waals surface area contributed by atoms with Crippen LogP contribution >= 0.6 is 0 Å². The number of piperidine rings is 1. The second-order valence-corrected chi connectivity index (χ2v) is 6.70. The third-order valence-electron chi connectivity index (χ3n) is 4.65. The number of carbonyl (C=O) groups excluding carboxylic acids is 1. The van der Waals surface area contributed by atoms with E-state index in [2.05, 4.69) is 43.0 Å². The Labute approximate surface area is 144 Å². The van der Waals surface area contributed by atoms with E-state index in [0.717, 1.165) is 25.9 Å². The Morgan fingerprint density at radius 1 is 1.00 bits per heavy atom. The number of anilines is 1. The highest BCUT2D eigenvalue weighted by molar-refractivity contribution is 5.89. The van der Waals surface area contributed by atoms with Crippen LogP contribution in [0.2, 0.25) is 0 Å². The number of benzene rings is 2. The van der Waals surface area contributed by atoms with Crippen molar-refractivity contribution in [2.24, 2.45) is 0 Å². The largest absolute Gasteiger partial charge is 0.459 e. The van der Waals surface area contributed by atoms with Crippen molar-refractivity contribution < 1.29 is 9.53 Å². The summed E-state index contributed by atoms with van der Waals surface area (Å²) >= 11 is 0. The van der Waals surface area contributed by atoms with E-state index in [1.165, 1.54) is 11.3 Å². The lowest BCUT2D eigenvalue weighted by Crippen LogP contribution is -2.37. The molecular formula is C21H25NO2. The van der Waals surface area contributed by atoms with E-state index in [1.807, 2.05) is 18.2 Å². The molecule has 0 amide bonds. The van der Waals surface area contributed by atoms with Crippen molar-refractivity contribution in [1.82, 2.24) is 0 Å². The molecule has 24 heavy (non-hydrogen) atoms. The first kappa shape index (κ1) is 16.6. The zero-order chi connectivity index (χ0) is 16.9. The second-order valence-electron chi connectivity index (χ2n) is 6.70. The van der Waals surface area contributed by atoms with E-state index in [0.29, 0.717) is 11.5 Å². The Kier molecular flexibility index (Phi) is 5.19. The molecule has 0 radical (unpaired) electrons. The molecule has 126 valence electrons. The molecule has 2 aromatic rings. The van der Waals surface area contributed by atoms with Gasteiger partial charge >= 0.3 is 5.97 Å². The van der Waals surface area contributed by atoms with Crippen molar-refractivity contribution in [2.75, 3.05) is 18.0 Å². The minimum Gasteiger partial charge on any atom is -0.459 e. The molecule has 0 aliphatic carbocycles. The lowest BCUT2D eigenvalue weighted by Gasteiger charge is -2.33. The van der Waals surface area contributed by atoms with E-state index in [1.54, 1.807) is 12.1 Å². The Balaban J connectivity index is 1.53. The summed E-state index contributed by atoms with van der Waals surface area (Å²) in [6, 6.07) is 18.0. The van der Waals surface area contributed by atoms with Gasteiger partial charge in [0.05, 0.1) is 5.56 Å². The zero-order valence-corrected chi connectivity index (χ0v) is 14.4. The van der Waals surface area contributed by atoms with Gasteiger partial charge in [-0.3, -0.25) is 0 Å². The Morgan fingerprint density at radius 3 is 2.21 bits per heavy atom. The first-order valence-electron chi connectivity index (χ1n) is 8.74. The average Bonchev–Trinajstić information content (AvgIpc) is 2.63. The van der Waals surface area contributed by atoms with Crippen molar-refractivity contribution in [3.8, 4) is 0 Å². The van der Waals surface area contributed by atoms with E-state index in [9.17, 15) is 4.79 Å². The Morgan fingerprint density at radius 2 is 1.62 bits per heavy atom. The minimum absolute atomic E-state index is 0.0175. The van der Waals surface area contributed by atoms with E-state index < -0.39 is 0 Å². The van der Waals surface area contributed by atoms with Gasteiger partial charge in [0.1, 0.15) is 6.10 Å². The van der Waals surface area contributed by atoms with E-state index >= 15 is 0 Å². The molecule has 1 aliphatic rings. The van der Waals surface area contributed by atoms with Crippen LogP contribution in [0.3, 0.4) is 0 Å². The summed E-state index contributed by atoms with van der Waals surface area (Å²) in [6.07, 6.45) is 1.78. The lowest BCUT2D eigenvalue weighted by atomic mass is 10.0. The highest BCUT2D eigenvalue weighted by Gasteiger charge is 2.23. The molecule has 0 unspecified atom stereocenters. The van der Waals surface area contributed by atoms with Crippen LogP contribution in [0.25, 0.3) is 0 Å². The summed E-state index contributed by atoms with van der Waals surface area (Å²) in [7, 11) is 0. The summed E-state index contributed by atoms with van der Waals surface area (Å²) in [4.78, 5) is 14.5. The molecule has 0 bridgehead atoms. The summed E-state index contributed by atoms with van der Waals surface area (Å²) in [6.45, 7) is 6.27. The van der Waals surface area contributed by atoms with Crippen molar-refractivity contribution in [2.45, 2.75) is 38.7 Å². The van der Waals surface area contributed by atoms with Gasteiger partial charge in [-0.2, -0.15) is 0 Å². The number of rotatable bonds is 4. The van der Waals surface area contributed by atoms with Crippen molar-refractivity contribution >= 4 is 11.7 Å². The van der Waals surface area contributed by atoms with Crippen LogP contribution in [-0.4, -0.2) is 25.2 Å². The number of esters is 1. The number of hydrogen-bond donors (Lipinski definition) is 0. The monoisotopic (exact) mass is 323 g/mol. The van der Waals surface area contributed by atoms with E-state index in [-0.39, 0.29) is 12.1 Å². The maximum Gasteiger partial charge on any atom is 0.338 e. The van der Waals surface area contributed by atoms with Crippen LogP contribution in [-0.2, 0) is 4.74 Å². The zero-order valence-electron chi connectivity index (χ0n) is 14.4. The fourth-order valence-corrected chi connectivity index (χ4v) is 3.10. The van der Waals surface area contributed by atoms with Crippen LogP contribution in [0.1, 0.15) is 48.5 Å². The maximum atomic E-state index is 12.1. The van der Waals surface area contributed by atoms with Crippen LogP contribution in [0.15, 0.2) is 54.6 Å². The smallest absolute Gasteiger partial charge is 0.338 e. The maximum absolute atomic E-state index is 12.1. The number of hydrogen-bond acceptors (Lipinski definition) is 3.